The molecule has 0 fully saturated rings. The van der Waals surface area contributed by atoms with Gasteiger partial charge in [-0.3, -0.25) is 0 Å². The van der Waals surface area contributed by atoms with Crippen LogP contribution in [0.25, 0.3) is 0 Å². The second-order valence-electron chi connectivity index (χ2n) is 5.64. The van der Waals surface area contributed by atoms with Gasteiger partial charge in [0.1, 0.15) is 0 Å². The highest BCUT2D eigenvalue weighted by atomic mass is 32.1. The van der Waals surface area contributed by atoms with E-state index in [-0.39, 0.29) is 0 Å². The fraction of sp³-hybridized carbons (Fsp3) is 0.519. The van der Waals surface area contributed by atoms with Crippen LogP contribution in [0.2, 0.25) is 0 Å². The van der Waals surface area contributed by atoms with Crippen LogP contribution in [-0.4, -0.2) is 19.6 Å². The predicted octanol–water partition coefficient (Wildman–Crippen LogP) is 9.10. The molecule has 0 amide bonds. The molecule has 0 unspecified atom stereocenters. The van der Waals surface area contributed by atoms with Crippen molar-refractivity contribution in [2.24, 2.45) is 0 Å². The van der Waals surface area contributed by atoms with Crippen LogP contribution in [0.3, 0.4) is 0 Å². The lowest BCUT2D eigenvalue weighted by Crippen LogP contribution is -1.86. The summed E-state index contributed by atoms with van der Waals surface area (Å²) in [6.45, 7) is 17.5. The van der Waals surface area contributed by atoms with E-state index in [9.17, 15) is 0 Å². The Morgan fingerprint density at radius 3 is 1.41 bits per heavy atom. The van der Waals surface area contributed by atoms with Crippen molar-refractivity contribution < 1.29 is 4.74 Å². The Labute approximate surface area is 188 Å². The molecule has 168 valence electrons. The Morgan fingerprint density at radius 1 is 0.690 bits per heavy atom. The molecule has 0 aromatic heterocycles. The average molecular weight is 421 g/mol. The number of hydrogen-bond donors (Lipinski definition) is 0. The topological polar surface area (TPSA) is 9.23 Å². The quantitative estimate of drug-likeness (QED) is 0.446. The zero-order valence-corrected chi connectivity index (χ0v) is 21.6. The maximum absolute atomic E-state index is 4.69. The first-order valence-electron chi connectivity index (χ1n) is 11.0. The van der Waals surface area contributed by atoms with Gasteiger partial charge in [0.05, 0.1) is 0 Å². The lowest BCUT2D eigenvalue weighted by Gasteiger charge is -2.01. The number of aryl methyl sites for hydroxylation is 1. The minimum Gasteiger partial charge on any atom is -0.385 e. The van der Waals surface area contributed by atoms with Gasteiger partial charge >= 0.3 is 0 Å². The van der Waals surface area contributed by atoms with Crippen molar-refractivity contribution in [2.45, 2.75) is 81.1 Å². The van der Waals surface area contributed by atoms with Gasteiger partial charge in [0.25, 0.3) is 0 Å². The zero-order chi connectivity index (χ0) is 23.3. The molecule has 2 aromatic rings. The molecule has 0 aliphatic heterocycles. The minimum atomic E-state index is 0.889. The summed E-state index contributed by atoms with van der Waals surface area (Å²) in [5.74, 6) is 2.83. The lowest BCUT2D eigenvalue weighted by atomic mass is 10.0. The molecule has 0 bridgehead atoms. The molecule has 0 radical (unpaired) electrons. The van der Waals surface area contributed by atoms with Gasteiger partial charge < -0.3 is 4.74 Å². The summed E-state index contributed by atoms with van der Waals surface area (Å²) < 4.78 is 4.69. The Balaban J connectivity index is -0.000000175. The number of hydrogen-bond acceptors (Lipinski definition) is 2. The van der Waals surface area contributed by atoms with Gasteiger partial charge in [0, 0.05) is 13.7 Å². The van der Waals surface area contributed by atoms with E-state index in [1.165, 1.54) is 29.5 Å². The van der Waals surface area contributed by atoms with Gasteiger partial charge in [-0.25, -0.2) is 0 Å². The van der Waals surface area contributed by atoms with Crippen LogP contribution >= 0.6 is 12.2 Å². The molecule has 0 heterocycles. The van der Waals surface area contributed by atoms with Gasteiger partial charge in [-0.2, -0.15) is 0 Å². The van der Waals surface area contributed by atoms with Crippen molar-refractivity contribution in [1.29, 1.82) is 0 Å². The maximum Gasteiger partial charge on any atom is 0.0459 e. The number of thiocarbonyl (C=S) groups is 1. The summed E-state index contributed by atoms with van der Waals surface area (Å²) in [6, 6.07) is 19.3. The van der Waals surface area contributed by atoms with Crippen LogP contribution in [0.15, 0.2) is 54.6 Å². The van der Waals surface area contributed by atoms with E-state index in [1.54, 1.807) is 7.11 Å². The van der Waals surface area contributed by atoms with Crippen molar-refractivity contribution >= 4 is 18.1 Å². The molecule has 2 aromatic carbocycles. The van der Waals surface area contributed by atoms with Crippen LogP contribution in [0.1, 0.15) is 84.4 Å². The summed E-state index contributed by atoms with van der Waals surface area (Å²) in [6.07, 6.45) is 4.79. The van der Waals surface area contributed by atoms with Crippen molar-refractivity contribution in [3.8, 4) is 0 Å². The standard InChI is InChI=1S/C14H14.C4H10O.C4H10.2C2H6.CH2S/c1-12-7-9-14(10-8-12)11-13-5-3-2-4-6-13;1-3-4-5-2;1-3-4-2;3*1-2/h2-10H,11H2,1H3;3-4H2,1-2H3;3-4H2,1-2H3;2*1-2H3;1H2. The molecule has 1 nitrogen and oxygen atoms in total. The Kier molecular flexibility index (Phi) is 41.0. The molecular formula is C27H48OS. The van der Waals surface area contributed by atoms with E-state index < -0.39 is 0 Å². The van der Waals surface area contributed by atoms with E-state index >= 15 is 0 Å². The average Bonchev–Trinajstić information content (AvgIpc) is 2.81. The predicted molar refractivity (Wildman–Crippen MR) is 141 cm³/mol. The molecular weight excluding hydrogens is 372 g/mol. The molecule has 0 spiro atoms. The van der Waals surface area contributed by atoms with E-state index in [0.29, 0.717) is 0 Å². The SMILES string of the molecule is C=S.CC.CC.CCCC.CCCOC.Cc1ccc(Cc2ccccc2)cc1. The largest absolute Gasteiger partial charge is 0.385 e. The van der Waals surface area contributed by atoms with Gasteiger partial charge in [0.2, 0.25) is 0 Å². The van der Waals surface area contributed by atoms with Gasteiger partial charge in [-0.05, 0) is 36.8 Å². The van der Waals surface area contributed by atoms with Crippen LogP contribution in [0.4, 0.5) is 0 Å². The minimum absolute atomic E-state index is 0.889. The molecule has 0 saturated carbocycles. The van der Waals surface area contributed by atoms with Crippen LogP contribution in [-0.2, 0) is 11.2 Å². The summed E-state index contributed by atoms with van der Waals surface area (Å²) in [4.78, 5) is 0. The smallest absolute Gasteiger partial charge is 0.0459 e. The van der Waals surface area contributed by atoms with Gasteiger partial charge in [-0.1, -0.05) is 134 Å². The van der Waals surface area contributed by atoms with Gasteiger partial charge in [-0.15, -0.1) is 0 Å². The first kappa shape index (κ1) is 35.0. The fourth-order valence-corrected chi connectivity index (χ4v) is 1.74. The van der Waals surface area contributed by atoms with E-state index in [4.69, 9.17) is 4.74 Å². The monoisotopic (exact) mass is 420 g/mol. The highest BCUT2D eigenvalue weighted by Crippen LogP contribution is 2.09. The van der Waals surface area contributed by atoms with Crippen molar-refractivity contribution in [2.75, 3.05) is 13.7 Å². The maximum atomic E-state index is 4.69. The van der Waals surface area contributed by atoms with Crippen molar-refractivity contribution in [3.05, 3.63) is 71.3 Å². The first-order valence-corrected chi connectivity index (χ1v) is 11.6. The molecule has 0 aliphatic rings. The van der Waals surface area contributed by atoms with Gasteiger partial charge in [0.15, 0.2) is 0 Å². The third kappa shape index (κ3) is 28.8. The number of unbranched alkanes of at least 4 members (excludes halogenated alkanes) is 1. The highest BCUT2D eigenvalue weighted by molar-refractivity contribution is 7.77. The van der Waals surface area contributed by atoms with Crippen LogP contribution in [0.5, 0.6) is 0 Å². The third-order valence-corrected chi connectivity index (χ3v) is 3.28. The summed E-state index contributed by atoms with van der Waals surface area (Å²) in [5.41, 5.74) is 4.07. The summed E-state index contributed by atoms with van der Waals surface area (Å²) >= 11 is 3.83. The van der Waals surface area contributed by atoms with E-state index in [2.05, 4.69) is 100 Å². The number of ether oxygens (including phenoxy) is 1. The molecule has 0 atom stereocenters. The number of rotatable bonds is 5. The summed E-state index contributed by atoms with van der Waals surface area (Å²) in [5, 5.41) is 0. The van der Waals surface area contributed by atoms with E-state index in [0.717, 1.165) is 19.4 Å². The highest BCUT2D eigenvalue weighted by Gasteiger charge is 1.94. The van der Waals surface area contributed by atoms with Crippen molar-refractivity contribution in [3.63, 3.8) is 0 Å². The second kappa shape index (κ2) is 34.0. The normalized spacial score (nSPS) is 7.90. The third-order valence-electron chi connectivity index (χ3n) is 3.28. The Morgan fingerprint density at radius 2 is 1.10 bits per heavy atom. The molecule has 2 heteroatoms. The Hall–Kier alpha value is -1.51. The first-order chi connectivity index (χ1) is 14.2. The molecule has 0 N–H and O–H groups in total. The lowest BCUT2D eigenvalue weighted by molar-refractivity contribution is 0.199. The zero-order valence-electron chi connectivity index (χ0n) is 20.8. The number of benzene rings is 2. The number of methoxy groups -OCH3 is 1. The summed E-state index contributed by atoms with van der Waals surface area (Å²) in [7, 11) is 1.71. The van der Waals surface area contributed by atoms with Crippen LogP contribution in [0, 0.1) is 6.92 Å². The second-order valence-corrected chi connectivity index (χ2v) is 5.64. The molecule has 0 saturated heterocycles. The van der Waals surface area contributed by atoms with Crippen LogP contribution < -0.4 is 0 Å². The molecule has 0 aliphatic carbocycles. The Bertz CT molecular complexity index is 476. The fourth-order valence-electron chi connectivity index (χ4n) is 1.74. The molecule has 29 heavy (non-hydrogen) atoms. The molecule has 2 rings (SSSR count). The van der Waals surface area contributed by atoms with Crippen molar-refractivity contribution in [1.82, 2.24) is 0 Å². The van der Waals surface area contributed by atoms with E-state index in [1.807, 2.05) is 27.7 Å².